The molecule has 0 radical (unpaired) electrons. The molecule has 0 amide bonds. The molecule has 4 nitrogen and oxygen atoms in total. The molecule has 0 aliphatic carbocycles. The van der Waals surface area contributed by atoms with Crippen molar-refractivity contribution in [2.75, 3.05) is 0 Å². The standard InChI is InChI=1S/C15H20N2O2/c1-11(2)18-13-7-5-8-14(19-12(3)4)15(13)17-10-6-9-16-17/h5-12H,1-4H3. The van der Waals surface area contributed by atoms with Crippen LogP contribution in [0, 0.1) is 0 Å². The van der Waals surface area contributed by atoms with Gasteiger partial charge in [0.15, 0.2) is 0 Å². The SMILES string of the molecule is CC(C)Oc1cccc(OC(C)C)c1-n1cccn1. The fraction of sp³-hybridized carbons (Fsp3) is 0.400. The largest absolute Gasteiger partial charge is 0.489 e. The molecule has 2 rings (SSSR count). The molecule has 1 aromatic heterocycles. The van der Waals surface area contributed by atoms with Gasteiger partial charge in [-0.15, -0.1) is 0 Å². The summed E-state index contributed by atoms with van der Waals surface area (Å²) < 4.78 is 13.5. The summed E-state index contributed by atoms with van der Waals surface area (Å²) in [6, 6.07) is 7.68. The van der Waals surface area contributed by atoms with E-state index in [2.05, 4.69) is 5.10 Å². The molecule has 19 heavy (non-hydrogen) atoms. The molecule has 0 atom stereocenters. The number of nitrogens with zero attached hydrogens (tertiary/aromatic N) is 2. The predicted molar refractivity (Wildman–Crippen MR) is 75.1 cm³/mol. The minimum atomic E-state index is 0.101. The van der Waals surface area contributed by atoms with Crippen LogP contribution in [0.5, 0.6) is 11.5 Å². The molecular formula is C15H20N2O2. The zero-order valence-electron chi connectivity index (χ0n) is 11.8. The van der Waals surface area contributed by atoms with Gasteiger partial charge < -0.3 is 9.47 Å². The number of para-hydroxylation sites is 1. The summed E-state index contributed by atoms with van der Waals surface area (Å²) in [6.45, 7) is 8.01. The van der Waals surface area contributed by atoms with Crippen LogP contribution in [0.3, 0.4) is 0 Å². The minimum absolute atomic E-state index is 0.101. The second-order valence-corrected chi connectivity index (χ2v) is 4.89. The first kappa shape index (κ1) is 13.5. The third kappa shape index (κ3) is 3.28. The quantitative estimate of drug-likeness (QED) is 0.826. The summed E-state index contributed by atoms with van der Waals surface area (Å²) >= 11 is 0. The van der Waals surface area contributed by atoms with E-state index >= 15 is 0 Å². The maximum atomic E-state index is 5.85. The Bertz CT molecular complexity index is 491. The lowest BCUT2D eigenvalue weighted by Gasteiger charge is -2.19. The average molecular weight is 260 g/mol. The topological polar surface area (TPSA) is 36.3 Å². The van der Waals surface area contributed by atoms with Crippen molar-refractivity contribution in [2.45, 2.75) is 39.9 Å². The molecule has 0 spiro atoms. The highest BCUT2D eigenvalue weighted by molar-refractivity contribution is 5.56. The molecule has 0 aliphatic rings. The first-order chi connectivity index (χ1) is 9.08. The number of hydrogen-bond donors (Lipinski definition) is 0. The molecule has 0 fully saturated rings. The van der Waals surface area contributed by atoms with Crippen molar-refractivity contribution in [3.8, 4) is 17.2 Å². The van der Waals surface area contributed by atoms with Gasteiger partial charge in [-0.05, 0) is 45.9 Å². The Morgan fingerprint density at radius 1 is 0.947 bits per heavy atom. The molecule has 1 aromatic carbocycles. The van der Waals surface area contributed by atoms with E-state index in [1.165, 1.54) is 0 Å². The van der Waals surface area contributed by atoms with Gasteiger partial charge in [-0.1, -0.05) is 6.07 Å². The highest BCUT2D eigenvalue weighted by atomic mass is 16.5. The monoisotopic (exact) mass is 260 g/mol. The number of aromatic nitrogens is 2. The summed E-state index contributed by atoms with van der Waals surface area (Å²) in [5, 5.41) is 4.28. The number of ether oxygens (including phenoxy) is 2. The van der Waals surface area contributed by atoms with Crippen LogP contribution >= 0.6 is 0 Å². The molecule has 0 N–H and O–H groups in total. The van der Waals surface area contributed by atoms with E-state index in [0.717, 1.165) is 17.2 Å². The summed E-state index contributed by atoms with van der Waals surface area (Å²) in [6.07, 6.45) is 3.83. The van der Waals surface area contributed by atoms with Gasteiger partial charge in [-0.25, -0.2) is 4.68 Å². The van der Waals surface area contributed by atoms with E-state index in [-0.39, 0.29) is 12.2 Å². The molecule has 0 unspecified atom stereocenters. The van der Waals surface area contributed by atoms with E-state index < -0.39 is 0 Å². The normalized spacial score (nSPS) is 11.1. The Hall–Kier alpha value is -1.97. The first-order valence-corrected chi connectivity index (χ1v) is 6.54. The van der Waals surface area contributed by atoms with Crippen molar-refractivity contribution in [2.24, 2.45) is 0 Å². The van der Waals surface area contributed by atoms with Gasteiger partial charge in [0.2, 0.25) is 0 Å². The molecule has 2 aromatic rings. The third-order valence-electron chi connectivity index (χ3n) is 2.42. The maximum Gasteiger partial charge on any atom is 0.149 e. The van der Waals surface area contributed by atoms with Crippen LogP contribution in [0.4, 0.5) is 0 Å². The summed E-state index contributed by atoms with van der Waals surface area (Å²) in [4.78, 5) is 0. The fourth-order valence-corrected chi connectivity index (χ4v) is 1.83. The van der Waals surface area contributed by atoms with Gasteiger partial charge in [0.05, 0.1) is 12.2 Å². The fourth-order valence-electron chi connectivity index (χ4n) is 1.83. The van der Waals surface area contributed by atoms with Gasteiger partial charge >= 0.3 is 0 Å². The second-order valence-electron chi connectivity index (χ2n) is 4.89. The summed E-state index contributed by atoms with van der Waals surface area (Å²) in [5.41, 5.74) is 0.843. The molecule has 4 heteroatoms. The first-order valence-electron chi connectivity index (χ1n) is 6.54. The predicted octanol–water partition coefficient (Wildman–Crippen LogP) is 3.45. The maximum absolute atomic E-state index is 5.85. The van der Waals surface area contributed by atoms with Crippen LogP contribution in [-0.2, 0) is 0 Å². The lowest BCUT2D eigenvalue weighted by Crippen LogP contribution is -2.12. The lowest BCUT2D eigenvalue weighted by atomic mass is 10.2. The Kier molecular flexibility index (Phi) is 4.10. The van der Waals surface area contributed by atoms with Gasteiger partial charge in [-0.2, -0.15) is 5.10 Å². The number of benzene rings is 1. The van der Waals surface area contributed by atoms with Gasteiger partial charge in [-0.3, -0.25) is 0 Å². The van der Waals surface area contributed by atoms with Crippen LogP contribution in [0.2, 0.25) is 0 Å². The highest BCUT2D eigenvalue weighted by Crippen LogP contribution is 2.33. The average Bonchev–Trinajstić information content (AvgIpc) is 2.81. The Morgan fingerprint density at radius 3 is 1.95 bits per heavy atom. The van der Waals surface area contributed by atoms with Crippen LogP contribution in [-0.4, -0.2) is 22.0 Å². The zero-order valence-corrected chi connectivity index (χ0v) is 11.8. The van der Waals surface area contributed by atoms with Crippen molar-refractivity contribution < 1.29 is 9.47 Å². The minimum Gasteiger partial charge on any atom is -0.489 e. The smallest absolute Gasteiger partial charge is 0.149 e. The Labute approximate surface area is 114 Å². The van der Waals surface area contributed by atoms with Crippen molar-refractivity contribution in [3.05, 3.63) is 36.7 Å². The van der Waals surface area contributed by atoms with Crippen molar-refractivity contribution in [1.82, 2.24) is 9.78 Å². The number of hydrogen-bond acceptors (Lipinski definition) is 3. The summed E-state index contributed by atoms with van der Waals surface area (Å²) in [5.74, 6) is 1.55. The third-order valence-corrected chi connectivity index (χ3v) is 2.42. The second kappa shape index (κ2) is 5.78. The van der Waals surface area contributed by atoms with Crippen molar-refractivity contribution in [1.29, 1.82) is 0 Å². The molecule has 0 bridgehead atoms. The van der Waals surface area contributed by atoms with Crippen LogP contribution < -0.4 is 9.47 Å². The van der Waals surface area contributed by atoms with Crippen molar-refractivity contribution in [3.63, 3.8) is 0 Å². The van der Waals surface area contributed by atoms with Gasteiger partial charge in [0, 0.05) is 12.4 Å². The zero-order chi connectivity index (χ0) is 13.8. The molecular weight excluding hydrogens is 240 g/mol. The van der Waals surface area contributed by atoms with E-state index in [0.29, 0.717) is 0 Å². The highest BCUT2D eigenvalue weighted by Gasteiger charge is 2.15. The van der Waals surface area contributed by atoms with E-state index in [1.54, 1.807) is 10.9 Å². The molecule has 0 saturated carbocycles. The van der Waals surface area contributed by atoms with Crippen molar-refractivity contribution >= 4 is 0 Å². The van der Waals surface area contributed by atoms with E-state index in [9.17, 15) is 0 Å². The number of rotatable bonds is 5. The Balaban J connectivity index is 2.49. The van der Waals surface area contributed by atoms with Crippen LogP contribution in [0.15, 0.2) is 36.7 Å². The Morgan fingerprint density at radius 2 is 1.53 bits per heavy atom. The van der Waals surface area contributed by atoms with E-state index in [4.69, 9.17) is 9.47 Å². The summed E-state index contributed by atoms with van der Waals surface area (Å²) in [7, 11) is 0. The molecule has 102 valence electrons. The van der Waals surface area contributed by atoms with Crippen LogP contribution in [0.1, 0.15) is 27.7 Å². The molecule has 1 heterocycles. The van der Waals surface area contributed by atoms with Crippen LogP contribution in [0.25, 0.3) is 5.69 Å². The van der Waals surface area contributed by atoms with Gasteiger partial charge in [0.25, 0.3) is 0 Å². The molecule has 0 saturated heterocycles. The van der Waals surface area contributed by atoms with Gasteiger partial charge in [0.1, 0.15) is 17.2 Å². The molecule has 0 aliphatic heterocycles. The lowest BCUT2D eigenvalue weighted by molar-refractivity contribution is 0.227. The van der Waals surface area contributed by atoms with E-state index in [1.807, 2.05) is 58.2 Å².